The summed E-state index contributed by atoms with van der Waals surface area (Å²) in [7, 11) is -3.34. The molecule has 0 bridgehead atoms. The van der Waals surface area contributed by atoms with Gasteiger partial charge in [0.15, 0.2) is 0 Å². The van der Waals surface area contributed by atoms with E-state index in [-0.39, 0.29) is 5.41 Å². The Bertz CT molecular complexity index is 566. The van der Waals surface area contributed by atoms with Crippen molar-refractivity contribution in [2.45, 2.75) is 58.0 Å². The van der Waals surface area contributed by atoms with Gasteiger partial charge in [-0.25, -0.2) is 8.42 Å². The van der Waals surface area contributed by atoms with Gasteiger partial charge in [-0.1, -0.05) is 27.7 Å². The summed E-state index contributed by atoms with van der Waals surface area (Å²) in [6, 6.07) is 2.09. The Hall–Kier alpha value is -0.430. The zero-order valence-corrected chi connectivity index (χ0v) is 15.0. The third kappa shape index (κ3) is 4.06. The van der Waals surface area contributed by atoms with Gasteiger partial charge in [0.25, 0.3) is 0 Å². The van der Waals surface area contributed by atoms with Crippen LogP contribution in [0.1, 0.15) is 45.4 Å². The Morgan fingerprint density at radius 3 is 2.52 bits per heavy atom. The second-order valence-electron chi connectivity index (χ2n) is 6.81. The van der Waals surface area contributed by atoms with E-state index in [1.165, 1.54) is 11.3 Å². The number of nitrogens with one attached hydrogen (secondary N) is 1. The predicted molar refractivity (Wildman–Crippen MR) is 88.1 cm³/mol. The van der Waals surface area contributed by atoms with E-state index in [2.05, 4.69) is 33.0 Å². The molecule has 21 heavy (non-hydrogen) atoms. The molecule has 1 aliphatic rings. The van der Waals surface area contributed by atoms with Crippen molar-refractivity contribution in [3.05, 3.63) is 16.3 Å². The van der Waals surface area contributed by atoms with Crippen LogP contribution in [0.3, 0.4) is 0 Å². The molecule has 0 unspecified atom stereocenters. The lowest BCUT2D eigenvalue weighted by Crippen LogP contribution is -2.41. The highest BCUT2D eigenvalue weighted by Gasteiger charge is 2.34. The normalized spacial score (nSPS) is 20.0. The van der Waals surface area contributed by atoms with E-state index in [4.69, 9.17) is 0 Å². The first kappa shape index (κ1) is 16.9. The first-order valence-corrected chi connectivity index (χ1v) is 9.84. The molecule has 0 atom stereocenters. The average molecular weight is 331 g/mol. The van der Waals surface area contributed by atoms with Gasteiger partial charge >= 0.3 is 0 Å². The van der Waals surface area contributed by atoms with Crippen LogP contribution in [0.4, 0.5) is 0 Å². The Morgan fingerprint density at radius 2 is 1.95 bits per heavy atom. The lowest BCUT2D eigenvalue weighted by molar-refractivity contribution is 0.196. The van der Waals surface area contributed by atoms with Gasteiger partial charge in [-0.3, -0.25) is 0 Å². The Kier molecular flexibility index (Phi) is 5.13. The number of piperidine rings is 1. The molecule has 0 saturated carbocycles. The second-order valence-corrected chi connectivity index (χ2v) is 9.72. The summed E-state index contributed by atoms with van der Waals surface area (Å²) < 4.78 is 27.3. The van der Waals surface area contributed by atoms with E-state index in [0.29, 0.717) is 30.6 Å². The SMILES string of the molecule is CC(C)NCc1sccc1S(=O)(=O)N1CCC(C)(C)CC1. The first-order chi connectivity index (χ1) is 9.72. The van der Waals surface area contributed by atoms with Crippen molar-refractivity contribution < 1.29 is 8.42 Å². The predicted octanol–water partition coefficient (Wildman–Crippen LogP) is 3.06. The van der Waals surface area contributed by atoms with Gasteiger partial charge in [0.2, 0.25) is 10.0 Å². The van der Waals surface area contributed by atoms with Crippen molar-refractivity contribution in [2.75, 3.05) is 13.1 Å². The average Bonchev–Trinajstić information content (AvgIpc) is 2.84. The van der Waals surface area contributed by atoms with Crippen LogP contribution in [0.25, 0.3) is 0 Å². The van der Waals surface area contributed by atoms with Crippen molar-refractivity contribution in [3.63, 3.8) is 0 Å². The Balaban J connectivity index is 2.15. The number of sulfonamides is 1. The standard InChI is InChI=1S/C15H26N2O2S2/c1-12(2)16-11-13-14(5-10-20-13)21(18,19)17-8-6-15(3,4)7-9-17/h5,10,12,16H,6-9,11H2,1-4H3. The molecular formula is C15H26N2O2S2. The summed E-state index contributed by atoms with van der Waals surface area (Å²) in [6.45, 7) is 10.4. The maximum absolute atomic E-state index is 12.8. The quantitative estimate of drug-likeness (QED) is 0.903. The van der Waals surface area contributed by atoms with Gasteiger partial charge in [0, 0.05) is 30.6 Å². The smallest absolute Gasteiger partial charge is 0.244 e. The first-order valence-electron chi connectivity index (χ1n) is 7.52. The zero-order chi connectivity index (χ0) is 15.7. The van der Waals surface area contributed by atoms with Crippen LogP contribution in [-0.2, 0) is 16.6 Å². The maximum atomic E-state index is 12.8. The molecule has 1 aromatic rings. The summed E-state index contributed by atoms with van der Waals surface area (Å²) in [5.74, 6) is 0. The molecule has 0 spiro atoms. The molecule has 120 valence electrons. The minimum absolute atomic E-state index is 0.253. The van der Waals surface area contributed by atoms with Gasteiger partial charge in [-0.2, -0.15) is 4.31 Å². The van der Waals surface area contributed by atoms with Crippen molar-refractivity contribution in [3.8, 4) is 0 Å². The van der Waals surface area contributed by atoms with Crippen molar-refractivity contribution >= 4 is 21.4 Å². The van der Waals surface area contributed by atoms with Crippen molar-refractivity contribution in [1.82, 2.24) is 9.62 Å². The number of nitrogens with zero attached hydrogens (tertiary/aromatic N) is 1. The van der Waals surface area contributed by atoms with Gasteiger partial charge in [0.1, 0.15) is 0 Å². The highest BCUT2D eigenvalue weighted by molar-refractivity contribution is 7.89. The summed E-state index contributed by atoms with van der Waals surface area (Å²) in [5, 5.41) is 5.18. The molecule has 1 fully saturated rings. The topological polar surface area (TPSA) is 49.4 Å². The van der Waals surface area contributed by atoms with E-state index in [1.807, 2.05) is 5.38 Å². The molecule has 6 heteroatoms. The van der Waals surface area contributed by atoms with Crippen LogP contribution in [0, 0.1) is 5.41 Å². The molecule has 0 radical (unpaired) electrons. The number of hydrogen-bond acceptors (Lipinski definition) is 4. The molecule has 0 aromatic carbocycles. The lowest BCUT2D eigenvalue weighted by atomic mass is 9.83. The zero-order valence-electron chi connectivity index (χ0n) is 13.3. The summed E-state index contributed by atoms with van der Waals surface area (Å²) >= 11 is 1.51. The molecule has 2 heterocycles. The molecule has 1 aliphatic heterocycles. The van der Waals surface area contributed by atoms with E-state index in [9.17, 15) is 8.42 Å². The summed E-state index contributed by atoms with van der Waals surface area (Å²) in [6.07, 6.45) is 1.85. The minimum Gasteiger partial charge on any atom is -0.310 e. The van der Waals surface area contributed by atoms with Gasteiger partial charge in [0.05, 0.1) is 4.90 Å². The fourth-order valence-electron chi connectivity index (χ4n) is 2.46. The van der Waals surface area contributed by atoms with Gasteiger partial charge < -0.3 is 5.32 Å². The fourth-order valence-corrected chi connectivity index (χ4v) is 5.26. The van der Waals surface area contributed by atoms with Crippen LogP contribution in [-0.4, -0.2) is 31.9 Å². The van der Waals surface area contributed by atoms with Crippen molar-refractivity contribution in [1.29, 1.82) is 0 Å². The summed E-state index contributed by atoms with van der Waals surface area (Å²) in [5.41, 5.74) is 0.253. The third-order valence-electron chi connectivity index (χ3n) is 4.07. The number of rotatable bonds is 5. The molecule has 0 aliphatic carbocycles. The Labute approximate surface area is 132 Å². The van der Waals surface area contributed by atoms with Crippen LogP contribution in [0.15, 0.2) is 16.3 Å². The highest BCUT2D eigenvalue weighted by atomic mass is 32.2. The molecule has 1 saturated heterocycles. The fraction of sp³-hybridized carbons (Fsp3) is 0.733. The third-order valence-corrected chi connectivity index (χ3v) is 7.10. The highest BCUT2D eigenvalue weighted by Crippen LogP contribution is 2.33. The van der Waals surface area contributed by atoms with Gasteiger partial charge in [-0.15, -0.1) is 11.3 Å². The molecule has 2 rings (SSSR count). The molecule has 0 amide bonds. The minimum atomic E-state index is -3.34. The van der Waals surface area contributed by atoms with Crippen molar-refractivity contribution in [2.24, 2.45) is 5.41 Å². The lowest BCUT2D eigenvalue weighted by Gasteiger charge is -2.36. The van der Waals surface area contributed by atoms with E-state index in [0.717, 1.165) is 17.7 Å². The number of thiophene rings is 1. The monoisotopic (exact) mass is 330 g/mol. The number of hydrogen-bond donors (Lipinski definition) is 1. The van der Waals surface area contributed by atoms with Crippen LogP contribution in [0.2, 0.25) is 0 Å². The Morgan fingerprint density at radius 1 is 1.33 bits per heavy atom. The van der Waals surface area contributed by atoms with Crippen LogP contribution >= 0.6 is 11.3 Å². The largest absolute Gasteiger partial charge is 0.310 e. The maximum Gasteiger partial charge on any atom is 0.244 e. The van der Waals surface area contributed by atoms with E-state index in [1.54, 1.807) is 10.4 Å². The van der Waals surface area contributed by atoms with Crippen LogP contribution < -0.4 is 5.32 Å². The van der Waals surface area contributed by atoms with Gasteiger partial charge in [-0.05, 0) is 29.7 Å². The molecule has 1 aromatic heterocycles. The van der Waals surface area contributed by atoms with Crippen LogP contribution in [0.5, 0.6) is 0 Å². The molecule has 1 N–H and O–H groups in total. The van der Waals surface area contributed by atoms with E-state index >= 15 is 0 Å². The molecular weight excluding hydrogens is 304 g/mol. The second kappa shape index (κ2) is 6.36. The summed E-state index contributed by atoms with van der Waals surface area (Å²) in [4.78, 5) is 1.40. The van der Waals surface area contributed by atoms with E-state index < -0.39 is 10.0 Å². The molecule has 4 nitrogen and oxygen atoms in total.